The fourth-order valence-corrected chi connectivity index (χ4v) is 4.73. The molecule has 0 spiro atoms. The standard InChI is InChI=1S/C20H23N5OS/c1-13-6-9-25(12-13)18-19(22-8-7-21-18)26-15-10-14(11-15)23-20-24-16-4-2-3-5-17(16)27-20/h2-5,7-8,13-15H,6,9-12H2,1H3,(H,23,24). The van der Waals surface area contributed by atoms with Gasteiger partial charge in [0.2, 0.25) is 0 Å². The van der Waals surface area contributed by atoms with Crippen LogP contribution in [-0.2, 0) is 0 Å². The minimum atomic E-state index is 0.187. The molecule has 27 heavy (non-hydrogen) atoms. The van der Waals surface area contributed by atoms with E-state index in [2.05, 4.69) is 50.3 Å². The number of anilines is 2. The van der Waals surface area contributed by atoms with Gasteiger partial charge in [-0.15, -0.1) is 0 Å². The first-order chi connectivity index (χ1) is 13.2. The summed E-state index contributed by atoms with van der Waals surface area (Å²) >= 11 is 1.71. The first-order valence-electron chi connectivity index (χ1n) is 9.59. The molecule has 0 radical (unpaired) electrons. The molecule has 1 saturated carbocycles. The molecule has 5 rings (SSSR count). The highest BCUT2D eigenvalue weighted by Gasteiger charge is 2.33. The van der Waals surface area contributed by atoms with Crippen molar-refractivity contribution in [2.45, 2.75) is 38.3 Å². The van der Waals surface area contributed by atoms with Crippen LogP contribution in [0.3, 0.4) is 0 Å². The summed E-state index contributed by atoms with van der Waals surface area (Å²) in [5.74, 6) is 2.27. The van der Waals surface area contributed by atoms with Crippen LogP contribution in [-0.4, -0.2) is 40.2 Å². The number of nitrogens with zero attached hydrogens (tertiary/aromatic N) is 4. The Balaban J connectivity index is 1.19. The first-order valence-corrected chi connectivity index (χ1v) is 10.4. The number of ether oxygens (including phenoxy) is 1. The van der Waals surface area contributed by atoms with Gasteiger partial charge in [-0.3, -0.25) is 0 Å². The number of benzene rings is 1. The number of fused-ring (bicyclic) bond motifs is 1. The summed E-state index contributed by atoms with van der Waals surface area (Å²) in [4.78, 5) is 15.9. The van der Waals surface area contributed by atoms with Gasteiger partial charge in [0.15, 0.2) is 10.9 Å². The molecule has 1 saturated heterocycles. The topological polar surface area (TPSA) is 63.2 Å². The van der Waals surface area contributed by atoms with Crippen molar-refractivity contribution in [1.82, 2.24) is 15.0 Å². The summed E-state index contributed by atoms with van der Waals surface area (Å²) in [6.07, 6.45) is 6.78. The van der Waals surface area contributed by atoms with Crippen LogP contribution < -0.4 is 15.0 Å². The molecule has 1 aliphatic carbocycles. The minimum Gasteiger partial charge on any atom is -0.472 e. The Kier molecular flexibility index (Phi) is 4.32. The molecular formula is C20H23N5OS. The predicted octanol–water partition coefficient (Wildman–Crippen LogP) is 3.95. The number of nitrogens with one attached hydrogen (secondary N) is 1. The Labute approximate surface area is 162 Å². The van der Waals surface area contributed by atoms with Gasteiger partial charge in [-0.25, -0.2) is 15.0 Å². The Hall–Kier alpha value is -2.41. The van der Waals surface area contributed by atoms with Gasteiger partial charge in [0.1, 0.15) is 6.10 Å². The zero-order valence-corrected chi connectivity index (χ0v) is 16.2. The van der Waals surface area contributed by atoms with Crippen LogP contribution in [0.15, 0.2) is 36.7 Å². The van der Waals surface area contributed by atoms with Crippen LogP contribution in [0, 0.1) is 5.92 Å². The van der Waals surface area contributed by atoms with E-state index in [0.29, 0.717) is 17.8 Å². The molecule has 3 heterocycles. The molecule has 1 aliphatic heterocycles. The smallest absolute Gasteiger partial charge is 0.257 e. The maximum atomic E-state index is 6.18. The van der Waals surface area contributed by atoms with Gasteiger partial charge in [-0.05, 0) is 24.5 Å². The number of para-hydroxylation sites is 1. The molecule has 2 fully saturated rings. The van der Waals surface area contributed by atoms with Crippen molar-refractivity contribution in [2.24, 2.45) is 5.92 Å². The second kappa shape index (κ2) is 6.96. The normalized spacial score (nSPS) is 24.8. The maximum absolute atomic E-state index is 6.18. The lowest BCUT2D eigenvalue weighted by Gasteiger charge is -2.35. The van der Waals surface area contributed by atoms with E-state index in [1.807, 2.05) is 6.07 Å². The summed E-state index contributed by atoms with van der Waals surface area (Å²) < 4.78 is 7.40. The predicted molar refractivity (Wildman–Crippen MR) is 109 cm³/mol. The molecule has 2 aromatic heterocycles. The first kappa shape index (κ1) is 16.7. The minimum absolute atomic E-state index is 0.187. The van der Waals surface area contributed by atoms with Crippen molar-refractivity contribution < 1.29 is 4.74 Å². The second-order valence-corrected chi connectivity index (χ2v) is 8.59. The molecule has 1 unspecified atom stereocenters. The van der Waals surface area contributed by atoms with E-state index in [4.69, 9.17) is 4.74 Å². The Morgan fingerprint density at radius 2 is 2.04 bits per heavy atom. The fourth-order valence-electron chi connectivity index (χ4n) is 3.79. The number of thiazole rings is 1. The largest absolute Gasteiger partial charge is 0.472 e. The van der Waals surface area contributed by atoms with E-state index < -0.39 is 0 Å². The van der Waals surface area contributed by atoms with Gasteiger partial charge in [-0.2, -0.15) is 0 Å². The summed E-state index contributed by atoms with van der Waals surface area (Å²) in [5.41, 5.74) is 1.06. The van der Waals surface area contributed by atoms with E-state index >= 15 is 0 Å². The van der Waals surface area contributed by atoms with Crippen molar-refractivity contribution in [2.75, 3.05) is 23.3 Å². The van der Waals surface area contributed by atoms with Crippen molar-refractivity contribution in [3.63, 3.8) is 0 Å². The van der Waals surface area contributed by atoms with Crippen LogP contribution in [0.5, 0.6) is 5.88 Å². The third kappa shape index (κ3) is 3.43. The maximum Gasteiger partial charge on any atom is 0.257 e. The summed E-state index contributed by atoms with van der Waals surface area (Å²) in [7, 11) is 0. The van der Waals surface area contributed by atoms with Gasteiger partial charge in [0.25, 0.3) is 5.88 Å². The van der Waals surface area contributed by atoms with Crippen molar-refractivity contribution in [1.29, 1.82) is 0 Å². The van der Waals surface area contributed by atoms with Crippen LogP contribution in [0.1, 0.15) is 26.2 Å². The highest BCUT2D eigenvalue weighted by atomic mass is 32.1. The number of aromatic nitrogens is 3. The van der Waals surface area contributed by atoms with Crippen LogP contribution in [0.25, 0.3) is 10.2 Å². The second-order valence-electron chi connectivity index (χ2n) is 7.56. The van der Waals surface area contributed by atoms with Gasteiger partial charge in [0.05, 0.1) is 10.2 Å². The Morgan fingerprint density at radius 1 is 1.19 bits per heavy atom. The van der Waals surface area contributed by atoms with Crippen molar-refractivity contribution in [3.05, 3.63) is 36.7 Å². The summed E-state index contributed by atoms with van der Waals surface area (Å²) in [6, 6.07) is 8.65. The molecule has 1 N–H and O–H groups in total. The molecule has 6 nitrogen and oxygen atoms in total. The number of rotatable bonds is 5. The SMILES string of the molecule is CC1CCN(c2nccnc2OC2CC(Nc3nc4ccccc4s3)C2)C1. The van der Waals surface area contributed by atoms with Gasteiger partial charge in [0, 0.05) is 44.4 Å². The molecule has 2 aliphatic rings. The molecule has 1 aromatic carbocycles. The lowest BCUT2D eigenvalue weighted by molar-refractivity contribution is 0.103. The average molecular weight is 382 g/mol. The molecule has 140 valence electrons. The molecule has 7 heteroatoms. The highest BCUT2D eigenvalue weighted by molar-refractivity contribution is 7.22. The Bertz CT molecular complexity index is 906. The van der Waals surface area contributed by atoms with E-state index in [1.54, 1.807) is 23.7 Å². The quantitative estimate of drug-likeness (QED) is 0.722. The number of hydrogen-bond donors (Lipinski definition) is 1. The van der Waals surface area contributed by atoms with E-state index in [0.717, 1.165) is 42.4 Å². The molecule has 0 amide bonds. The van der Waals surface area contributed by atoms with Crippen molar-refractivity contribution in [3.8, 4) is 5.88 Å². The van der Waals surface area contributed by atoms with E-state index in [1.165, 1.54) is 11.1 Å². The summed E-state index contributed by atoms with van der Waals surface area (Å²) in [6.45, 7) is 4.34. The number of hydrogen-bond acceptors (Lipinski definition) is 7. The fraction of sp³-hybridized carbons (Fsp3) is 0.450. The van der Waals surface area contributed by atoms with Crippen molar-refractivity contribution >= 4 is 32.5 Å². The molecular weight excluding hydrogens is 358 g/mol. The van der Waals surface area contributed by atoms with Crippen LogP contribution in [0.2, 0.25) is 0 Å². The average Bonchev–Trinajstić information content (AvgIpc) is 3.26. The van der Waals surface area contributed by atoms with E-state index in [9.17, 15) is 0 Å². The molecule has 1 atom stereocenters. The van der Waals surface area contributed by atoms with Gasteiger partial charge in [-0.1, -0.05) is 30.4 Å². The molecule has 0 bridgehead atoms. The van der Waals surface area contributed by atoms with E-state index in [-0.39, 0.29) is 6.10 Å². The van der Waals surface area contributed by atoms with Crippen LogP contribution >= 0.6 is 11.3 Å². The highest BCUT2D eigenvalue weighted by Crippen LogP contribution is 2.34. The monoisotopic (exact) mass is 381 g/mol. The van der Waals surface area contributed by atoms with Crippen LogP contribution in [0.4, 0.5) is 10.9 Å². The third-order valence-electron chi connectivity index (χ3n) is 5.36. The zero-order valence-electron chi connectivity index (χ0n) is 15.3. The zero-order chi connectivity index (χ0) is 18.2. The lowest BCUT2D eigenvalue weighted by atomic mass is 9.89. The molecule has 3 aromatic rings. The summed E-state index contributed by atoms with van der Waals surface area (Å²) in [5, 5.41) is 4.53. The lowest BCUT2D eigenvalue weighted by Crippen LogP contribution is -2.43. The Morgan fingerprint density at radius 3 is 2.85 bits per heavy atom. The van der Waals surface area contributed by atoms with Gasteiger partial charge >= 0.3 is 0 Å². The third-order valence-corrected chi connectivity index (χ3v) is 6.33. The van der Waals surface area contributed by atoms with Gasteiger partial charge < -0.3 is 15.0 Å².